The Hall–Kier alpha value is -2.48. The molecule has 1 fully saturated rings. The van der Waals surface area contributed by atoms with Gasteiger partial charge in [-0.2, -0.15) is 4.31 Å². The summed E-state index contributed by atoms with van der Waals surface area (Å²) in [5.41, 5.74) is 3.26. The molecule has 1 heterocycles. The van der Waals surface area contributed by atoms with Crippen LogP contribution in [0.2, 0.25) is 0 Å². The highest BCUT2D eigenvalue weighted by Crippen LogP contribution is 2.39. The normalized spacial score (nSPS) is 23.0. The highest BCUT2D eigenvalue weighted by Gasteiger charge is 2.44. The molecule has 0 aromatic heterocycles. The standard InChI is InChI=1S/C24H27NO5S/c1-17-10-12-19(13-11-17)31(27,28)25(16-23-22(30-23)14-15-24(26)29-2)21-9-5-7-18-6-3-4-8-20(18)21/h3-4,6,8,10-15,21-23H,5,7,9,16H2,1-2H3/b15-14+/t21?,22-,23-/m1/s1. The highest BCUT2D eigenvalue weighted by molar-refractivity contribution is 7.89. The molecular weight excluding hydrogens is 414 g/mol. The lowest BCUT2D eigenvalue weighted by Crippen LogP contribution is -2.39. The summed E-state index contributed by atoms with van der Waals surface area (Å²) in [6.07, 6.45) is 5.00. The number of carbonyl (C=O) groups is 1. The molecule has 1 unspecified atom stereocenters. The van der Waals surface area contributed by atoms with E-state index in [-0.39, 0.29) is 29.7 Å². The Morgan fingerprint density at radius 3 is 2.68 bits per heavy atom. The van der Waals surface area contributed by atoms with Gasteiger partial charge in [0.25, 0.3) is 0 Å². The molecule has 31 heavy (non-hydrogen) atoms. The first-order chi connectivity index (χ1) is 14.9. The molecule has 2 aliphatic rings. The van der Waals surface area contributed by atoms with Crippen molar-refractivity contribution in [2.24, 2.45) is 0 Å². The first-order valence-electron chi connectivity index (χ1n) is 10.5. The van der Waals surface area contributed by atoms with Gasteiger partial charge in [-0.15, -0.1) is 0 Å². The van der Waals surface area contributed by atoms with Crippen LogP contribution in [0.1, 0.15) is 35.6 Å². The van der Waals surface area contributed by atoms with Gasteiger partial charge in [-0.05, 0) is 55.5 Å². The molecule has 4 rings (SSSR count). The first-order valence-corrected chi connectivity index (χ1v) is 11.9. The second-order valence-electron chi connectivity index (χ2n) is 8.02. The molecule has 7 heteroatoms. The van der Waals surface area contributed by atoms with Crippen molar-refractivity contribution in [3.05, 3.63) is 77.4 Å². The Labute approximate surface area is 183 Å². The van der Waals surface area contributed by atoms with Crippen LogP contribution < -0.4 is 0 Å². The number of carbonyl (C=O) groups excluding carboxylic acids is 1. The number of ether oxygens (including phenoxy) is 2. The maximum Gasteiger partial charge on any atom is 0.330 e. The van der Waals surface area contributed by atoms with Gasteiger partial charge >= 0.3 is 5.97 Å². The molecule has 0 radical (unpaired) electrons. The predicted molar refractivity (Wildman–Crippen MR) is 117 cm³/mol. The van der Waals surface area contributed by atoms with Crippen LogP contribution in [0, 0.1) is 6.92 Å². The van der Waals surface area contributed by atoms with Crippen LogP contribution in [0.4, 0.5) is 0 Å². The molecule has 0 spiro atoms. The molecule has 0 bridgehead atoms. The minimum atomic E-state index is -3.74. The minimum Gasteiger partial charge on any atom is -0.466 e. The minimum absolute atomic E-state index is 0.228. The van der Waals surface area contributed by atoms with E-state index in [1.165, 1.54) is 18.7 Å². The summed E-state index contributed by atoms with van der Waals surface area (Å²) in [6, 6.07) is 14.8. The number of aryl methyl sites for hydroxylation is 2. The van der Waals surface area contributed by atoms with Crippen molar-refractivity contribution in [2.75, 3.05) is 13.7 Å². The molecule has 0 amide bonds. The molecule has 2 aromatic carbocycles. The number of hydrogen-bond acceptors (Lipinski definition) is 5. The zero-order valence-electron chi connectivity index (χ0n) is 17.7. The van der Waals surface area contributed by atoms with Crippen molar-refractivity contribution >= 4 is 16.0 Å². The second-order valence-corrected chi connectivity index (χ2v) is 9.91. The van der Waals surface area contributed by atoms with Crippen LogP contribution in [0.25, 0.3) is 0 Å². The third-order valence-electron chi connectivity index (χ3n) is 5.92. The maximum absolute atomic E-state index is 13.7. The van der Waals surface area contributed by atoms with Crippen molar-refractivity contribution in [3.8, 4) is 0 Å². The number of esters is 1. The average molecular weight is 442 g/mol. The number of epoxide rings is 1. The number of rotatable bonds is 7. The van der Waals surface area contributed by atoms with E-state index in [0.29, 0.717) is 0 Å². The summed E-state index contributed by atoms with van der Waals surface area (Å²) in [7, 11) is -2.42. The monoisotopic (exact) mass is 441 g/mol. The fourth-order valence-corrected chi connectivity index (χ4v) is 5.81. The fourth-order valence-electron chi connectivity index (χ4n) is 4.16. The zero-order chi connectivity index (χ0) is 22.0. The van der Waals surface area contributed by atoms with Crippen LogP contribution in [0.3, 0.4) is 0 Å². The molecule has 3 atom stereocenters. The number of methoxy groups -OCH3 is 1. The molecule has 164 valence electrons. The third kappa shape index (κ3) is 4.74. The van der Waals surface area contributed by atoms with Crippen LogP contribution in [0.15, 0.2) is 65.6 Å². The van der Waals surface area contributed by atoms with Crippen molar-refractivity contribution in [2.45, 2.75) is 49.3 Å². The van der Waals surface area contributed by atoms with E-state index in [2.05, 4.69) is 10.8 Å². The molecule has 0 saturated carbocycles. The van der Waals surface area contributed by atoms with Gasteiger partial charge in [0.1, 0.15) is 12.2 Å². The fraction of sp³-hybridized carbons (Fsp3) is 0.375. The average Bonchev–Trinajstić information content (AvgIpc) is 3.53. The molecule has 2 aromatic rings. The van der Waals surface area contributed by atoms with E-state index in [9.17, 15) is 13.2 Å². The van der Waals surface area contributed by atoms with E-state index in [0.717, 1.165) is 30.4 Å². The summed E-state index contributed by atoms with van der Waals surface area (Å²) in [5.74, 6) is -0.459. The van der Waals surface area contributed by atoms with E-state index in [1.54, 1.807) is 22.5 Å². The lowest BCUT2D eigenvalue weighted by Gasteiger charge is -2.35. The quantitative estimate of drug-likeness (QED) is 0.373. The Morgan fingerprint density at radius 2 is 1.94 bits per heavy atom. The lowest BCUT2D eigenvalue weighted by atomic mass is 9.87. The summed E-state index contributed by atoms with van der Waals surface area (Å²) in [5, 5.41) is 0. The van der Waals surface area contributed by atoms with Gasteiger partial charge in [0.15, 0.2) is 0 Å². The van der Waals surface area contributed by atoms with E-state index in [4.69, 9.17) is 4.74 Å². The number of benzene rings is 2. The lowest BCUT2D eigenvalue weighted by molar-refractivity contribution is -0.134. The van der Waals surface area contributed by atoms with Crippen LogP contribution in [0.5, 0.6) is 0 Å². The number of sulfonamides is 1. The van der Waals surface area contributed by atoms with Crippen LogP contribution in [-0.2, 0) is 30.7 Å². The SMILES string of the molecule is COC(=O)/C=C/[C@H]1O[C@@H]1CN(C1CCCc2ccccc21)S(=O)(=O)c1ccc(C)cc1. The predicted octanol–water partition coefficient (Wildman–Crippen LogP) is 3.56. The van der Waals surface area contributed by atoms with E-state index in [1.807, 2.05) is 37.3 Å². The Bertz CT molecular complexity index is 1080. The van der Waals surface area contributed by atoms with E-state index >= 15 is 0 Å². The van der Waals surface area contributed by atoms with Crippen LogP contribution >= 0.6 is 0 Å². The molecule has 1 saturated heterocycles. The molecule has 1 aliphatic carbocycles. The van der Waals surface area contributed by atoms with Gasteiger partial charge in [0, 0.05) is 12.6 Å². The van der Waals surface area contributed by atoms with Gasteiger partial charge in [0.05, 0.1) is 18.0 Å². The number of hydrogen-bond donors (Lipinski definition) is 0. The topological polar surface area (TPSA) is 76.2 Å². The van der Waals surface area contributed by atoms with Gasteiger partial charge < -0.3 is 9.47 Å². The summed E-state index contributed by atoms with van der Waals surface area (Å²) >= 11 is 0. The largest absolute Gasteiger partial charge is 0.466 e. The van der Waals surface area contributed by atoms with E-state index < -0.39 is 16.0 Å². The Morgan fingerprint density at radius 1 is 1.19 bits per heavy atom. The summed E-state index contributed by atoms with van der Waals surface area (Å²) in [6.45, 7) is 2.16. The van der Waals surface area contributed by atoms with Crippen molar-refractivity contribution in [1.29, 1.82) is 0 Å². The Balaban J connectivity index is 1.65. The molecule has 6 nitrogen and oxygen atoms in total. The third-order valence-corrected chi connectivity index (χ3v) is 7.81. The second kappa shape index (κ2) is 8.94. The van der Waals surface area contributed by atoms with Gasteiger partial charge in [0.2, 0.25) is 10.0 Å². The number of nitrogens with zero attached hydrogens (tertiary/aromatic N) is 1. The van der Waals surface area contributed by atoms with Crippen molar-refractivity contribution in [3.63, 3.8) is 0 Å². The Kier molecular flexibility index (Phi) is 6.27. The summed E-state index contributed by atoms with van der Waals surface area (Å²) in [4.78, 5) is 11.6. The molecular formula is C24H27NO5S. The van der Waals surface area contributed by atoms with Crippen molar-refractivity contribution < 1.29 is 22.7 Å². The zero-order valence-corrected chi connectivity index (χ0v) is 18.5. The first kappa shape index (κ1) is 21.7. The smallest absolute Gasteiger partial charge is 0.330 e. The van der Waals surface area contributed by atoms with Gasteiger partial charge in [-0.3, -0.25) is 0 Å². The highest BCUT2D eigenvalue weighted by atomic mass is 32.2. The van der Waals surface area contributed by atoms with Gasteiger partial charge in [-0.25, -0.2) is 13.2 Å². The summed E-state index contributed by atoms with van der Waals surface area (Å²) < 4.78 is 39.3. The van der Waals surface area contributed by atoms with Crippen molar-refractivity contribution in [1.82, 2.24) is 4.31 Å². The maximum atomic E-state index is 13.7. The van der Waals surface area contributed by atoms with Gasteiger partial charge in [-0.1, -0.05) is 42.0 Å². The number of fused-ring (bicyclic) bond motifs is 1. The van der Waals surface area contributed by atoms with Crippen LogP contribution in [-0.4, -0.2) is 44.6 Å². The molecule has 1 aliphatic heterocycles. The molecule has 0 N–H and O–H groups in total.